The number of nitrogens with zero attached hydrogens (tertiary/aromatic N) is 4. The normalized spacial score (nSPS) is 10.9. The summed E-state index contributed by atoms with van der Waals surface area (Å²) in [5.41, 5.74) is 1.05. The van der Waals surface area contributed by atoms with Gasteiger partial charge in [0.25, 0.3) is 0 Å². The quantitative estimate of drug-likeness (QED) is 0.806. The van der Waals surface area contributed by atoms with Crippen LogP contribution in [-0.4, -0.2) is 26.2 Å². The molecule has 0 aliphatic heterocycles. The summed E-state index contributed by atoms with van der Waals surface area (Å²) in [4.78, 5) is 8.46. The van der Waals surface area contributed by atoms with Gasteiger partial charge in [0.05, 0.1) is 12.0 Å². The summed E-state index contributed by atoms with van der Waals surface area (Å²) in [5, 5.41) is 6.99. The minimum atomic E-state index is 0.671. The Balaban J connectivity index is 1.84. The molecule has 0 spiro atoms. The zero-order chi connectivity index (χ0) is 12.1. The lowest BCUT2D eigenvalue weighted by molar-refractivity contribution is 0.368. The third kappa shape index (κ3) is 3.39. The lowest BCUT2D eigenvalue weighted by Gasteiger charge is -1.98. The zero-order valence-corrected chi connectivity index (χ0v) is 10.2. The molecule has 0 atom stereocenters. The SMILES string of the molecule is CCNCc1cn(CCc2nc(C)no2)cn1. The van der Waals surface area contributed by atoms with Crippen LogP contribution >= 0.6 is 0 Å². The van der Waals surface area contributed by atoms with Crippen molar-refractivity contribution in [2.75, 3.05) is 6.54 Å². The highest BCUT2D eigenvalue weighted by molar-refractivity contribution is 4.96. The fraction of sp³-hybridized carbons (Fsp3) is 0.545. The molecule has 0 bridgehead atoms. The molecule has 0 amide bonds. The predicted molar refractivity (Wildman–Crippen MR) is 62.3 cm³/mol. The minimum absolute atomic E-state index is 0.671. The Morgan fingerprint density at radius 1 is 1.47 bits per heavy atom. The molecule has 2 aromatic rings. The van der Waals surface area contributed by atoms with E-state index in [2.05, 4.69) is 27.4 Å². The van der Waals surface area contributed by atoms with Crippen LogP contribution in [-0.2, 0) is 19.5 Å². The largest absolute Gasteiger partial charge is 0.339 e. The molecule has 0 aromatic carbocycles. The van der Waals surface area contributed by atoms with Crippen LogP contribution in [0.1, 0.15) is 24.3 Å². The van der Waals surface area contributed by atoms with Gasteiger partial charge in [-0.2, -0.15) is 4.98 Å². The van der Waals surface area contributed by atoms with Gasteiger partial charge in [-0.25, -0.2) is 4.98 Å². The summed E-state index contributed by atoms with van der Waals surface area (Å²) in [6.07, 6.45) is 4.60. The van der Waals surface area contributed by atoms with Crippen LogP contribution < -0.4 is 5.32 Å². The average molecular weight is 235 g/mol. The first kappa shape index (κ1) is 11.8. The van der Waals surface area contributed by atoms with Gasteiger partial charge in [-0.3, -0.25) is 0 Å². The van der Waals surface area contributed by atoms with Gasteiger partial charge in [-0.15, -0.1) is 0 Å². The van der Waals surface area contributed by atoms with E-state index < -0.39 is 0 Å². The highest BCUT2D eigenvalue weighted by Gasteiger charge is 2.03. The Hall–Kier alpha value is -1.69. The van der Waals surface area contributed by atoms with E-state index >= 15 is 0 Å². The van der Waals surface area contributed by atoms with Gasteiger partial charge in [-0.1, -0.05) is 12.1 Å². The summed E-state index contributed by atoms with van der Waals surface area (Å²) < 4.78 is 7.08. The lowest BCUT2D eigenvalue weighted by Crippen LogP contribution is -2.11. The van der Waals surface area contributed by atoms with Crippen molar-refractivity contribution in [1.82, 2.24) is 25.0 Å². The summed E-state index contributed by atoms with van der Waals surface area (Å²) in [7, 11) is 0. The lowest BCUT2D eigenvalue weighted by atomic mass is 10.4. The number of hydrogen-bond donors (Lipinski definition) is 1. The van der Waals surface area contributed by atoms with Crippen LogP contribution in [0.5, 0.6) is 0 Å². The van der Waals surface area contributed by atoms with Crippen LogP contribution in [0.15, 0.2) is 17.0 Å². The molecule has 0 radical (unpaired) electrons. The molecule has 6 heteroatoms. The predicted octanol–water partition coefficient (Wildman–Crippen LogP) is 0.927. The first-order chi connectivity index (χ1) is 8.28. The molecule has 0 aliphatic carbocycles. The van der Waals surface area contributed by atoms with Crippen molar-refractivity contribution in [2.45, 2.75) is 33.4 Å². The number of imidazole rings is 1. The molecule has 0 saturated heterocycles. The van der Waals surface area contributed by atoms with Crippen molar-refractivity contribution in [1.29, 1.82) is 0 Å². The van der Waals surface area contributed by atoms with E-state index in [1.54, 1.807) is 0 Å². The molecule has 92 valence electrons. The van der Waals surface area contributed by atoms with E-state index in [-0.39, 0.29) is 0 Å². The number of nitrogens with one attached hydrogen (secondary N) is 1. The van der Waals surface area contributed by atoms with Gasteiger partial charge in [0.1, 0.15) is 0 Å². The summed E-state index contributed by atoms with van der Waals surface area (Å²) >= 11 is 0. The maximum atomic E-state index is 5.05. The Morgan fingerprint density at radius 2 is 2.35 bits per heavy atom. The van der Waals surface area contributed by atoms with E-state index in [0.29, 0.717) is 11.7 Å². The highest BCUT2D eigenvalue weighted by atomic mass is 16.5. The second-order valence-corrected chi connectivity index (χ2v) is 3.87. The smallest absolute Gasteiger partial charge is 0.228 e. The zero-order valence-electron chi connectivity index (χ0n) is 10.2. The number of aryl methyl sites for hydroxylation is 3. The molecule has 2 heterocycles. The monoisotopic (exact) mass is 235 g/mol. The van der Waals surface area contributed by atoms with Gasteiger partial charge < -0.3 is 14.4 Å². The van der Waals surface area contributed by atoms with Crippen LogP contribution in [0.4, 0.5) is 0 Å². The average Bonchev–Trinajstić information content (AvgIpc) is 2.93. The fourth-order valence-corrected chi connectivity index (χ4v) is 1.54. The Labute approximate surface area is 100 Å². The van der Waals surface area contributed by atoms with E-state index in [1.807, 2.05) is 24.0 Å². The molecule has 0 aliphatic rings. The third-order valence-corrected chi connectivity index (χ3v) is 2.40. The van der Waals surface area contributed by atoms with Crippen LogP contribution in [0.25, 0.3) is 0 Å². The van der Waals surface area contributed by atoms with Gasteiger partial charge >= 0.3 is 0 Å². The first-order valence-electron chi connectivity index (χ1n) is 5.78. The molecule has 0 unspecified atom stereocenters. The third-order valence-electron chi connectivity index (χ3n) is 2.40. The Morgan fingerprint density at radius 3 is 3.06 bits per heavy atom. The van der Waals surface area contributed by atoms with Crippen molar-refractivity contribution in [3.05, 3.63) is 29.9 Å². The minimum Gasteiger partial charge on any atom is -0.339 e. The van der Waals surface area contributed by atoms with Crippen LogP contribution in [0, 0.1) is 6.92 Å². The first-order valence-corrected chi connectivity index (χ1v) is 5.78. The molecule has 2 rings (SSSR count). The van der Waals surface area contributed by atoms with Crippen molar-refractivity contribution in [3.8, 4) is 0 Å². The van der Waals surface area contributed by atoms with Crippen molar-refractivity contribution in [2.24, 2.45) is 0 Å². The van der Waals surface area contributed by atoms with E-state index in [0.717, 1.165) is 31.7 Å². The van der Waals surface area contributed by atoms with Gasteiger partial charge in [0, 0.05) is 25.7 Å². The van der Waals surface area contributed by atoms with Gasteiger partial charge in [-0.05, 0) is 13.5 Å². The summed E-state index contributed by atoms with van der Waals surface area (Å²) in [6, 6.07) is 0. The van der Waals surface area contributed by atoms with Gasteiger partial charge in [0.15, 0.2) is 5.82 Å². The second kappa shape index (κ2) is 5.58. The highest BCUT2D eigenvalue weighted by Crippen LogP contribution is 2.01. The maximum Gasteiger partial charge on any atom is 0.228 e. The van der Waals surface area contributed by atoms with E-state index in [9.17, 15) is 0 Å². The molecule has 2 aromatic heterocycles. The fourth-order valence-electron chi connectivity index (χ4n) is 1.54. The molecule has 17 heavy (non-hydrogen) atoms. The summed E-state index contributed by atoms with van der Waals surface area (Å²) in [5.74, 6) is 1.35. The second-order valence-electron chi connectivity index (χ2n) is 3.87. The standard InChI is InChI=1S/C11H17N5O/c1-3-12-6-10-7-16(8-13-10)5-4-11-14-9(2)15-17-11/h7-8,12H,3-6H2,1-2H3. The van der Waals surface area contributed by atoms with Crippen LogP contribution in [0.2, 0.25) is 0 Å². The maximum absolute atomic E-state index is 5.05. The van der Waals surface area contributed by atoms with Crippen molar-refractivity contribution >= 4 is 0 Å². The Kier molecular flexibility index (Phi) is 3.87. The topological polar surface area (TPSA) is 68.8 Å². The number of aromatic nitrogens is 4. The molecule has 6 nitrogen and oxygen atoms in total. The number of hydrogen-bond acceptors (Lipinski definition) is 5. The van der Waals surface area contributed by atoms with E-state index in [1.165, 1.54) is 0 Å². The number of rotatable bonds is 6. The van der Waals surface area contributed by atoms with Crippen molar-refractivity contribution < 1.29 is 4.52 Å². The molecule has 0 fully saturated rings. The molecule has 1 N–H and O–H groups in total. The summed E-state index contributed by atoms with van der Waals surface area (Å²) in [6.45, 7) is 6.46. The molecular weight excluding hydrogens is 218 g/mol. The van der Waals surface area contributed by atoms with Crippen LogP contribution in [0.3, 0.4) is 0 Å². The van der Waals surface area contributed by atoms with Gasteiger partial charge in [0.2, 0.25) is 5.89 Å². The van der Waals surface area contributed by atoms with Crippen molar-refractivity contribution in [3.63, 3.8) is 0 Å². The Bertz CT molecular complexity index is 462. The molecule has 0 saturated carbocycles. The molecular formula is C11H17N5O. The van der Waals surface area contributed by atoms with E-state index in [4.69, 9.17) is 4.52 Å².